The van der Waals surface area contributed by atoms with Crippen molar-refractivity contribution in [1.29, 1.82) is 0 Å². The van der Waals surface area contributed by atoms with Crippen molar-refractivity contribution in [3.8, 4) is 0 Å². The van der Waals surface area contributed by atoms with Gasteiger partial charge in [-0.15, -0.1) is 0 Å². The number of aliphatic hydroxyl groups excluding tert-OH is 1. The molecule has 0 fully saturated rings. The van der Waals surface area contributed by atoms with Gasteiger partial charge in [0.25, 0.3) is 0 Å². The molecule has 2 nitrogen and oxygen atoms in total. The van der Waals surface area contributed by atoms with Gasteiger partial charge < -0.3 is 10.2 Å². The highest BCUT2D eigenvalue weighted by Crippen LogP contribution is 2.61. The Balaban J connectivity index is 0. The van der Waals surface area contributed by atoms with Gasteiger partial charge in [0.05, 0.1) is 0 Å². The molecular formula is C10H9F15O2. The average Bonchev–Trinajstić information content (AvgIpc) is 2.45. The molecule has 0 bridgehead atoms. The molecular weight excluding hydrogens is 437 g/mol. The van der Waals surface area contributed by atoms with Crippen LogP contribution in [0.25, 0.3) is 0 Å². The largest absolute Gasteiger partial charge is 0.423 e. The van der Waals surface area contributed by atoms with Crippen LogP contribution >= 0.6 is 0 Å². The molecule has 166 valence electrons. The van der Waals surface area contributed by atoms with Crippen molar-refractivity contribution in [2.45, 2.75) is 48.6 Å². The number of hydrogen-bond donors (Lipinski definition) is 2. The van der Waals surface area contributed by atoms with Gasteiger partial charge in [-0.05, 0) is 6.92 Å². The van der Waals surface area contributed by atoms with Crippen molar-refractivity contribution in [1.82, 2.24) is 0 Å². The van der Waals surface area contributed by atoms with Gasteiger partial charge in [0.15, 0.2) is 6.67 Å². The van der Waals surface area contributed by atoms with Crippen LogP contribution in [0, 0.1) is 0 Å². The molecule has 0 aliphatic rings. The molecule has 17 heteroatoms. The summed E-state index contributed by atoms with van der Waals surface area (Å²) in [7, 11) is 0. The summed E-state index contributed by atoms with van der Waals surface area (Å²) in [5.74, 6) is -46.9. The third-order valence-corrected chi connectivity index (χ3v) is 2.58. The molecule has 0 aliphatic carbocycles. The molecule has 0 saturated heterocycles. The first-order valence-corrected chi connectivity index (χ1v) is 6.01. The molecule has 0 atom stereocenters. The van der Waals surface area contributed by atoms with Gasteiger partial charge in [-0.2, -0.15) is 61.5 Å². The number of rotatable bonds is 7. The minimum absolute atomic E-state index is 0.250. The van der Waals surface area contributed by atoms with E-state index in [-0.39, 0.29) is 6.61 Å². The fourth-order valence-corrected chi connectivity index (χ4v) is 1.09. The molecule has 0 amide bonds. The average molecular weight is 446 g/mol. The van der Waals surface area contributed by atoms with Crippen LogP contribution < -0.4 is 0 Å². The maximum Gasteiger partial charge on any atom is 0.423 e. The van der Waals surface area contributed by atoms with Crippen LogP contribution in [0.4, 0.5) is 65.9 Å². The first-order chi connectivity index (χ1) is 11.5. The van der Waals surface area contributed by atoms with E-state index in [0.29, 0.717) is 0 Å². The van der Waals surface area contributed by atoms with Gasteiger partial charge >= 0.3 is 41.6 Å². The Morgan fingerprint density at radius 2 is 0.778 bits per heavy atom. The van der Waals surface area contributed by atoms with Gasteiger partial charge in [0.1, 0.15) is 0 Å². The molecule has 0 aromatic carbocycles. The number of alkyl halides is 15. The number of aliphatic hydroxyl groups is 2. The van der Waals surface area contributed by atoms with E-state index in [4.69, 9.17) is 10.2 Å². The Labute approximate surface area is 139 Å². The van der Waals surface area contributed by atoms with E-state index in [0.717, 1.165) is 0 Å². The summed E-state index contributed by atoms with van der Waals surface area (Å²) in [5.41, 5.74) is 0. The maximum atomic E-state index is 12.8. The molecule has 2 N–H and O–H groups in total. The van der Waals surface area contributed by atoms with E-state index in [1.807, 2.05) is 0 Å². The lowest BCUT2D eigenvalue weighted by Gasteiger charge is -2.41. The summed E-state index contributed by atoms with van der Waals surface area (Å²) in [6.07, 6.45) is -7.14. The predicted molar refractivity (Wildman–Crippen MR) is 55.6 cm³/mol. The van der Waals surface area contributed by atoms with E-state index in [1.165, 1.54) is 0 Å². The number of hydrogen-bond acceptors (Lipinski definition) is 2. The second kappa shape index (κ2) is 7.71. The summed E-state index contributed by atoms with van der Waals surface area (Å²) in [4.78, 5) is 0. The Morgan fingerprint density at radius 3 is 1.00 bits per heavy atom. The van der Waals surface area contributed by atoms with Crippen LogP contribution in [0.2, 0.25) is 0 Å². The van der Waals surface area contributed by atoms with E-state index in [2.05, 4.69) is 0 Å². The summed E-state index contributed by atoms with van der Waals surface area (Å²) in [6.45, 7) is -1.89. The Bertz CT molecular complexity index is 481. The zero-order chi connectivity index (χ0) is 22.9. The van der Waals surface area contributed by atoms with Crippen molar-refractivity contribution in [2.75, 3.05) is 13.3 Å². The second-order valence-corrected chi connectivity index (χ2v) is 4.57. The second-order valence-electron chi connectivity index (χ2n) is 4.57. The first-order valence-electron chi connectivity index (χ1n) is 6.01. The van der Waals surface area contributed by atoms with Crippen LogP contribution in [-0.4, -0.2) is 65.1 Å². The smallest absolute Gasteiger partial charge is 0.397 e. The van der Waals surface area contributed by atoms with Crippen LogP contribution in [0.1, 0.15) is 6.92 Å². The van der Waals surface area contributed by atoms with E-state index < -0.39 is 48.3 Å². The fourth-order valence-electron chi connectivity index (χ4n) is 1.09. The van der Waals surface area contributed by atoms with Crippen molar-refractivity contribution in [3.05, 3.63) is 0 Å². The minimum atomic E-state index is -8.28. The third-order valence-electron chi connectivity index (χ3n) is 2.58. The third kappa shape index (κ3) is 4.17. The monoisotopic (exact) mass is 446 g/mol. The lowest BCUT2D eigenvalue weighted by atomic mass is 9.91. The zero-order valence-electron chi connectivity index (χ0n) is 12.5. The standard InChI is InChI=1S/C8H3F15O.C2H6O/c9-1-2(10,11)3(12,13)4(14,15)5(16,17)6(18,19)7(20,21)8(22,23)24;1-2-3/h24H,1H2;3H,2H2,1H3. The van der Waals surface area contributed by atoms with E-state index in [1.54, 1.807) is 6.92 Å². The Kier molecular flexibility index (Phi) is 8.02. The van der Waals surface area contributed by atoms with Crippen molar-refractivity contribution in [2.24, 2.45) is 0 Å². The Hall–Kier alpha value is -1.13. The first kappa shape index (κ1) is 28.1. The van der Waals surface area contributed by atoms with Crippen molar-refractivity contribution < 1.29 is 76.1 Å². The fraction of sp³-hybridized carbons (Fsp3) is 1.00. The lowest BCUT2D eigenvalue weighted by molar-refractivity contribution is -0.461. The molecule has 0 radical (unpaired) electrons. The molecule has 0 rings (SSSR count). The van der Waals surface area contributed by atoms with Gasteiger partial charge in [-0.3, -0.25) is 0 Å². The summed E-state index contributed by atoms with van der Waals surface area (Å²) in [6, 6.07) is 0. The van der Waals surface area contributed by atoms with Crippen LogP contribution in [0.5, 0.6) is 0 Å². The summed E-state index contributed by atoms with van der Waals surface area (Å²) in [5, 5.41) is 15.0. The lowest BCUT2D eigenvalue weighted by Crippen LogP contribution is -2.73. The van der Waals surface area contributed by atoms with Crippen LogP contribution in [-0.2, 0) is 0 Å². The molecule has 0 aliphatic heterocycles. The van der Waals surface area contributed by atoms with Crippen molar-refractivity contribution >= 4 is 0 Å². The van der Waals surface area contributed by atoms with Crippen molar-refractivity contribution in [3.63, 3.8) is 0 Å². The minimum Gasteiger partial charge on any atom is -0.397 e. The molecule has 0 aromatic heterocycles. The quantitative estimate of drug-likeness (QED) is 0.572. The zero-order valence-corrected chi connectivity index (χ0v) is 12.5. The van der Waals surface area contributed by atoms with Gasteiger partial charge in [-0.25, -0.2) is 4.39 Å². The Morgan fingerprint density at radius 1 is 0.556 bits per heavy atom. The van der Waals surface area contributed by atoms with E-state index >= 15 is 0 Å². The van der Waals surface area contributed by atoms with Gasteiger partial charge in [-0.1, -0.05) is 0 Å². The molecule has 27 heavy (non-hydrogen) atoms. The molecule has 0 heterocycles. The van der Waals surface area contributed by atoms with Gasteiger partial charge in [0, 0.05) is 6.61 Å². The van der Waals surface area contributed by atoms with Gasteiger partial charge in [0.2, 0.25) is 0 Å². The highest BCUT2D eigenvalue weighted by atomic mass is 19.4. The normalized spacial score (nSPS) is 15.3. The maximum absolute atomic E-state index is 12.8. The summed E-state index contributed by atoms with van der Waals surface area (Å²) >= 11 is 0. The summed E-state index contributed by atoms with van der Waals surface area (Å²) < 4.78 is 187. The van der Waals surface area contributed by atoms with Crippen LogP contribution in [0.3, 0.4) is 0 Å². The predicted octanol–water partition coefficient (Wildman–Crippen LogP) is 4.35. The molecule has 0 aromatic rings. The highest BCUT2D eigenvalue weighted by molar-refractivity contribution is 5.12. The highest BCUT2D eigenvalue weighted by Gasteiger charge is 2.92. The number of halogens is 15. The SMILES string of the molecule is CCO.OC(F)(F)C(F)(F)C(F)(F)C(F)(F)C(F)(F)C(F)(F)C(F)(F)CF. The topological polar surface area (TPSA) is 40.5 Å². The van der Waals surface area contributed by atoms with E-state index in [9.17, 15) is 65.9 Å². The molecule has 0 unspecified atom stereocenters. The molecule has 0 spiro atoms. The van der Waals surface area contributed by atoms with Crippen LogP contribution in [0.15, 0.2) is 0 Å². The molecule has 0 saturated carbocycles.